The predicted octanol–water partition coefficient (Wildman–Crippen LogP) is 2.33. The summed E-state index contributed by atoms with van der Waals surface area (Å²) in [5.41, 5.74) is 0.653. The molecule has 1 saturated heterocycles. The first-order valence-electron chi connectivity index (χ1n) is 8.48. The molecule has 1 aromatic carbocycles. The summed E-state index contributed by atoms with van der Waals surface area (Å²) < 4.78 is 7.25. The molecule has 1 unspecified atom stereocenters. The molecule has 26 heavy (non-hydrogen) atoms. The van der Waals surface area contributed by atoms with Crippen molar-refractivity contribution in [3.8, 4) is 0 Å². The van der Waals surface area contributed by atoms with Crippen molar-refractivity contribution in [2.24, 2.45) is 0 Å². The second-order valence-electron chi connectivity index (χ2n) is 6.21. The van der Waals surface area contributed by atoms with Crippen LogP contribution < -0.4 is 11.2 Å². The first kappa shape index (κ1) is 19.2. The van der Waals surface area contributed by atoms with E-state index in [1.165, 1.54) is 10.8 Å². The number of nitrogens with zero attached hydrogens (tertiary/aromatic N) is 1. The molecule has 0 aliphatic carbocycles. The van der Waals surface area contributed by atoms with E-state index >= 15 is 0 Å². The van der Waals surface area contributed by atoms with Crippen molar-refractivity contribution < 1.29 is 9.84 Å². The number of nitrogens with one attached hydrogen (secondary N) is 1. The second-order valence-corrected chi connectivity index (χ2v) is 7.65. The SMILES string of the molecule is CCc1cn([C@@H]2CC(O)[C@H](CSCc3ccccc3Cl)O2)c(=O)[nH]c1=O. The van der Waals surface area contributed by atoms with Gasteiger partial charge in [-0.2, -0.15) is 11.8 Å². The molecule has 0 radical (unpaired) electrons. The van der Waals surface area contributed by atoms with E-state index < -0.39 is 18.0 Å². The fraction of sp³-hybridized carbons (Fsp3) is 0.444. The van der Waals surface area contributed by atoms with Gasteiger partial charge in [-0.15, -0.1) is 0 Å². The lowest BCUT2D eigenvalue weighted by Crippen LogP contribution is -2.34. The van der Waals surface area contributed by atoms with Gasteiger partial charge in [0, 0.05) is 34.7 Å². The number of thioether (sulfide) groups is 1. The highest BCUT2D eigenvalue weighted by Crippen LogP contribution is 2.31. The Morgan fingerprint density at radius 1 is 1.35 bits per heavy atom. The highest BCUT2D eigenvalue weighted by Gasteiger charge is 2.35. The molecule has 0 spiro atoms. The van der Waals surface area contributed by atoms with E-state index in [0.29, 0.717) is 24.2 Å². The normalized spacial score (nSPS) is 22.7. The van der Waals surface area contributed by atoms with Gasteiger partial charge in [-0.1, -0.05) is 36.7 Å². The Hall–Kier alpha value is -1.54. The van der Waals surface area contributed by atoms with E-state index in [0.717, 1.165) is 16.3 Å². The summed E-state index contributed by atoms with van der Waals surface area (Å²) in [6.07, 6.45) is 0.733. The van der Waals surface area contributed by atoms with Crippen LogP contribution in [0.1, 0.15) is 30.7 Å². The first-order valence-corrected chi connectivity index (χ1v) is 10.0. The number of benzene rings is 1. The topological polar surface area (TPSA) is 84.3 Å². The average Bonchev–Trinajstić information content (AvgIpc) is 2.97. The van der Waals surface area contributed by atoms with Crippen molar-refractivity contribution in [3.05, 3.63) is 67.4 Å². The van der Waals surface area contributed by atoms with Gasteiger partial charge in [0.05, 0.1) is 12.2 Å². The zero-order valence-corrected chi connectivity index (χ0v) is 15.9. The second kappa shape index (κ2) is 8.43. The van der Waals surface area contributed by atoms with Crippen LogP contribution in [0.4, 0.5) is 0 Å². The largest absolute Gasteiger partial charge is 0.390 e. The molecule has 3 rings (SSSR count). The maximum Gasteiger partial charge on any atom is 0.330 e. The zero-order chi connectivity index (χ0) is 18.7. The van der Waals surface area contributed by atoms with Crippen LogP contribution in [0.15, 0.2) is 40.1 Å². The number of halogens is 1. The van der Waals surface area contributed by atoms with E-state index in [4.69, 9.17) is 16.3 Å². The molecule has 3 atom stereocenters. The van der Waals surface area contributed by atoms with Gasteiger partial charge in [0.25, 0.3) is 5.56 Å². The van der Waals surface area contributed by atoms with Gasteiger partial charge in [-0.25, -0.2) is 4.79 Å². The van der Waals surface area contributed by atoms with Crippen LogP contribution >= 0.6 is 23.4 Å². The lowest BCUT2D eigenvalue weighted by Gasteiger charge is -2.16. The Morgan fingerprint density at radius 3 is 2.85 bits per heavy atom. The third-order valence-corrected chi connectivity index (χ3v) is 5.88. The number of hydrogen-bond donors (Lipinski definition) is 2. The molecule has 2 N–H and O–H groups in total. The smallest absolute Gasteiger partial charge is 0.330 e. The fourth-order valence-electron chi connectivity index (χ4n) is 2.93. The number of H-pyrrole nitrogens is 1. The molecule has 0 saturated carbocycles. The van der Waals surface area contributed by atoms with Gasteiger partial charge in [0.2, 0.25) is 0 Å². The van der Waals surface area contributed by atoms with Gasteiger partial charge in [-0.3, -0.25) is 14.3 Å². The molecule has 1 fully saturated rings. The minimum absolute atomic E-state index is 0.312. The van der Waals surface area contributed by atoms with Gasteiger partial charge in [0.15, 0.2) is 0 Å². The summed E-state index contributed by atoms with van der Waals surface area (Å²) in [6.45, 7) is 1.85. The Balaban J connectivity index is 1.64. The van der Waals surface area contributed by atoms with E-state index in [1.807, 2.05) is 31.2 Å². The number of aromatic amines is 1. The van der Waals surface area contributed by atoms with Crippen LogP contribution in [0, 0.1) is 0 Å². The first-order chi connectivity index (χ1) is 12.5. The van der Waals surface area contributed by atoms with E-state index in [-0.39, 0.29) is 11.7 Å². The number of rotatable bonds is 6. The van der Waals surface area contributed by atoms with Gasteiger partial charge in [-0.05, 0) is 18.1 Å². The summed E-state index contributed by atoms with van der Waals surface area (Å²) in [7, 11) is 0. The molecule has 2 aromatic rings. The van der Waals surface area contributed by atoms with Crippen molar-refractivity contribution in [3.63, 3.8) is 0 Å². The summed E-state index contributed by atoms with van der Waals surface area (Å²) in [6, 6.07) is 7.64. The predicted molar refractivity (Wildman–Crippen MR) is 103 cm³/mol. The van der Waals surface area contributed by atoms with Crippen LogP contribution in [-0.4, -0.2) is 32.6 Å². The van der Waals surface area contributed by atoms with Crippen LogP contribution in [0.5, 0.6) is 0 Å². The quantitative estimate of drug-likeness (QED) is 0.782. The lowest BCUT2D eigenvalue weighted by molar-refractivity contribution is -0.00767. The highest BCUT2D eigenvalue weighted by molar-refractivity contribution is 7.98. The van der Waals surface area contributed by atoms with Crippen LogP contribution in [0.2, 0.25) is 5.02 Å². The standard InChI is InChI=1S/C18H21ClN2O4S/c1-2-11-8-21(18(24)20-17(11)23)16-7-14(22)15(25-16)10-26-9-12-5-3-4-6-13(12)19/h3-6,8,14-16,22H,2,7,9-10H2,1H3,(H,20,23,24)/t14?,15-,16-/m0/s1. The molecule has 8 heteroatoms. The molecule has 1 aromatic heterocycles. The number of aryl methyl sites for hydroxylation is 1. The summed E-state index contributed by atoms with van der Waals surface area (Å²) >= 11 is 7.77. The van der Waals surface area contributed by atoms with Crippen molar-refractivity contribution in [2.45, 2.75) is 44.0 Å². The summed E-state index contributed by atoms with van der Waals surface area (Å²) in [5.74, 6) is 1.30. The van der Waals surface area contributed by atoms with Crippen LogP contribution in [-0.2, 0) is 16.9 Å². The van der Waals surface area contributed by atoms with Crippen molar-refractivity contribution in [1.29, 1.82) is 0 Å². The molecule has 2 heterocycles. The van der Waals surface area contributed by atoms with Crippen molar-refractivity contribution in [2.75, 3.05) is 5.75 Å². The number of aliphatic hydroxyl groups is 1. The lowest BCUT2D eigenvalue weighted by atomic mass is 10.2. The van der Waals surface area contributed by atoms with Crippen LogP contribution in [0.3, 0.4) is 0 Å². The molecule has 0 amide bonds. The minimum atomic E-state index is -0.664. The number of ether oxygens (including phenoxy) is 1. The number of aromatic nitrogens is 2. The van der Waals surface area contributed by atoms with Crippen LogP contribution in [0.25, 0.3) is 0 Å². The Kier molecular flexibility index (Phi) is 6.24. The van der Waals surface area contributed by atoms with E-state index in [2.05, 4.69) is 4.98 Å². The maximum atomic E-state index is 12.1. The summed E-state index contributed by atoms with van der Waals surface area (Å²) in [4.78, 5) is 26.1. The molecular weight excluding hydrogens is 376 g/mol. The van der Waals surface area contributed by atoms with Gasteiger partial charge >= 0.3 is 5.69 Å². The molecule has 1 aliphatic heterocycles. The number of hydrogen-bond acceptors (Lipinski definition) is 5. The third-order valence-electron chi connectivity index (χ3n) is 4.43. The molecule has 140 valence electrons. The average molecular weight is 397 g/mol. The molecule has 6 nitrogen and oxygen atoms in total. The van der Waals surface area contributed by atoms with E-state index in [1.54, 1.807) is 11.8 Å². The Bertz CT molecular complexity index is 882. The Morgan fingerprint density at radius 2 is 2.12 bits per heavy atom. The van der Waals surface area contributed by atoms with Gasteiger partial charge in [0.1, 0.15) is 6.23 Å². The van der Waals surface area contributed by atoms with Gasteiger partial charge < -0.3 is 9.84 Å². The zero-order valence-electron chi connectivity index (χ0n) is 14.4. The maximum absolute atomic E-state index is 12.1. The fourth-order valence-corrected chi connectivity index (χ4v) is 4.33. The summed E-state index contributed by atoms with van der Waals surface area (Å²) in [5, 5.41) is 11.0. The molecular formula is C18H21ClN2O4S. The van der Waals surface area contributed by atoms with E-state index in [9.17, 15) is 14.7 Å². The minimum Gasteiger partial charge on any atom is -0.390 e. The third kappa shape index (κ3) is 4.23. The van der Waals surface area contributed by atoms with Crippen molar-refractivity contribution in [1.82, 2.24) is 9.55 Å². The highest BCUT2D eigenvalue weighted by atomic mass is 35.5. The van der Waals surface area contributed by atoms with Crippen molar-refractivity contribution >= 4 is 23.4 Å². The monoisotopic (exact) mass is 396 g/mol. The molecule has 0 bridgehead atoms. The molecule has 1 aliphatic rings. The number of aliphatic hydroxyl groups excluding tert-OH is 1. The Labute approximate surface area is 160 Å².